The van der Waals surface area contributed by atoms with Crippen LogP contribution in [-0.2, 0) is 4.79 Å². The van der Waals surface area contributed by atoms with Gasteiger partial charge in [-0.1, -0.05) is 25.4 Å². The number of amides is 1. The lowest BCUT2D eigenvalue weighted by Crippen LogP contribution is -2.30. The molecule has 2 rings (SSSR count). The average Bonchev–Trinajstić information content (AvgIpc) is 2.78. The van der Waals surface area contributed by atoms with Crippen LogP contribution in [0.1, 0.15) is 38.7 Å². The number of hydrogen-bond acceptors (Lipinski definition) is 3. The minimum atomic E-state index is 0.0554. The van der Waals surface area contributed by atoms with Crippen molar-refractivity contribution in [2.45, 2.75) is 33.1 Å². The first kappa shape index (κ1) is 14.4. The lowest BCUT2D eigenvalue weighted by atomic mass is 9.81. The predicted octanol–water partition coefficient (Wildman–Crippen LogP) is 2.55. The van der Waals surface area contributed by atoms with Gasteiger partial charge in [0, 0.05) is 17.2 Å². The Kier molecular flexibility index (Phi) is 3.97. The fourth-order valence-electron chi connectivity index (χ4n) is 2.82. The maximum atomic E-state index is 12.3. The predicted molar refractivity (Wildman–Crippen MR) is 78.7 cm³/mol. The van der Waals surface area contributed by atoms with E-state index in [4.69, 9.17) is 10.9 Å². The average molecular weight is 275 g/mol. The summed E-state index contributed by atoms with van der Waals surface area (Å²) in [5.41, 5.74) is 6.91. The van der Waals surface area contributed by atoms with Crippen LogP contribution in [0.2, 0.25) is 0 Å². The third kappa shape index (κ3) is 2.92. The summed E-state index contributed by atoms with van der Waals surface area (Å²) in [6.07, 6.45) is 3.14. The van der Waals surface area contributed by atoms with Crippen LogP contribution in [0.4, 0.5) is 5.69 Å². The van der Waals surface area contributed by atoms with Gasteiger partial charge in [-0.2, -0.15) is 0 Å². The van der Waals surface area contributed by atoms with Gasteiger partial charge in [-0.15, -0.1) is 0 Å². The number of benzene rings is 1. The molecule has 20 heavy (non-hydrogen) atoms. The van der Waals surface area contributed by atoms with E-state index in [1.165, 1.54) is 0 Å². The first-order chi connectivity index (χ1) is 9.44. The summed E-state index contributed by atoms with van der Waals surface area (Å²) in [4.78, 5) is 12.3. The zero-order valence-electron chi connectivity index (χ0n) is 11.9. The molecular weight excluding hydrogens is 254 g/mol. The van der Waals surface area contributed by atoms with Crippen LogP contribution in [-0.4, -0.2) is 17.0 Å². The van der Waals surface area contributed by atoms with Crippen molar-refractivity contribution in [1.82, 2.24) is 0 Å². The number of hydrogen-bond donors (Lipinski definition) is 3. The maximum absolute atomic E-state index is 12.3. The van der Waals surface area contributed by atoms with Gasteiger partial charge in [0.05, 0.1) is 0 Å². The van der Waals surface area contributed by atoms with Gasteiger partial charge in [0.25, 0.3) is 0 Å². The zero-order chi connectivity index (χ0) is 14.8. The van der Waals surface area contributed by atoms with Gasteiger partial charge in [-0.25, -0.2) is 0 Å². The molecule has 1 aliphatic rings. The summed E-state index contributed by atoms with van der Waals surface area (Å²) in [7, 11) is 0. The molecule has 5 heteroatoms. The highest BCUT2D eigenvalue weighted by molar-refractivity contribution is 5.98. The molecule has 108 valence electrons. The van der Waals surface area contributed by atoms with Crippen LogP contribution in [0.25, 0.3) is 0 Å². The summed E-state index contributed by atoms with van der Waals surface area (Å²) in [5, 5.41) is 14.5. The molecule has 1 aromatic rings. The van der Waals surface area contributed by atoms with Crippen molar-refractivity contribution in [3.8, 4) is 0 Å². The summed E-state index contributed by atoms with van der Waals surface area (Å²) in [5.74, 6) is 0.190. The molecule has 0 heterocycles. The van der Waals surface area contributed by atoms with Crippen molar-refractivity contribution in [3.05, 3.63) is 29.8 Å². The minimum Gasteiger partial charge on any atom is -0.409 e. The molecule has 0 radical (unpaired) electrons. The van der Waals surface area contributed by atoms with Gasteiger partial charge in [-0.05, 0) is 42.5 Å². The third-order valence-electron chi connectivity index (χ3n) is 4.13. The normalized spacial score (nSPS) is 21.7. The lowest BCUT2D eigenvalue weighted by molar-refractivity contribution is -0.122. The summed E-state index contributed by atoms with van der Waals surface area (Å²) in [6.45, 7) is 4.29. The third-order valence-corrected chi connectivity index (χ3v) is 4.13. The van der Waals surface area contributed by atoms with Crippen molar-refractivity contribution >= 4 is 17.4 Å². The number of nitrogens with two attached hydrogens (primary N) is 1. The van der Waals surface area contributed by atoms with Gasteiger partial charge in [-0.3, -0.25) is 4.79 Å². The summed E-state index contributed by atoms with van der Waals surface area (Å²) >= 11 is 0. The van der Waals surface area contributed by atoms with E-state index < -0.39 is 0 Å². The monoisotopic (exact) mass is 275 g/mol. The standard InChI is InChI=1S/C15H21N3O2/c1-15(2)9-3-4-12(15)14(19)17-11-7-5-10(6-8-11)13(16)18-20/h5-8,12,20H,3-4,9H2,1-2H3,(H2,16,18)(H,17,19). The highest BCUT2D eigenvalue weighted by atomic mass is 16.4. The van der Waals surface area contributed by atoms with Crippen LogP contribution in [0.3, 0.4) is 0 Å². The summed E-state index contributed by atoms with van der Waals surface area (Å²) < 4.78 is 0. The molecule has 4 N–H and O–H groups in total. The smallest absolute Gasteiger partial charge is 0.228 e. The van der Waals surface area contributed by atoms with E-state index in [2.05, 4.69) is 24.3 Å². The molecule has 0 spiro atoms. The lowest BCUT2D eigenvalue weighted by Gasteiger charge is -2.25. The Bertz CT molecular complexity index is 520. The topological polar surface area (TPSA) is 87.7 Å². The fourth-order valence-corrected chi connectivity index (χ4v) is 2.82. The van der Waals surface area contributed by atoms with E-state index in [1.807, 2.05) is 0 Å². The van der Waals surface area contributed by atoms with Gasteiger partial charge in [0.2, 0.25) is 5.91 Å². The van der Waals surface area contributed by atoms with Crippen molar-refractivity contribution in [1.29, 1.82) is 0 Å². The molecule has 1 atom stereocenters. The van der Waals surface area contributed by atoms with Gasteiger partial charge < -0.3 is 16.3 Å². The number of oxime groups is 1. The number of nitrogens with zero attached hydrogens (tertiary/aromatic N) is 1. The van der Waals surface area contributed by atoms with E-state index in [9.17, 15) is 4.79 Å². The molecule has 0 aromatic heterocycles. The number of anilines is 1. The highest BCUT2D eigenvalue weighted by Gasteiger charge is 2.39. The highest BCUT2D eigenvalue weighted by Crippen LogP contribution is 2.42. The molecular formula is C15H21N3O2. The Morgan fingerprint density at radius 3 is 2.55 bits per heavy atom. The van der Waals surface area contributed by atoms with E-state index in [0.717, 1.165) is 24.9 Å². The Balaban J connectivity index is 2.05. The largest absolute Gasteiger partial charge is 0.409 e. The molecule has 1 amide bonds. The van der Waals surface area contributed by atoms with Crippen molar-refractivity contribution < 1.29 is 10.0 Å². The molecule has 1 aliphatic carbocycles. The van der Waals surface area contributed by atoms with Crippen LogP contribution in [0.15, 0.2) is 29.4 Å². The molecule has 1 fully saturated rings. The number of amidine groups is 1. The van der Waals surface area contributed by atoms with Crippen LogP contribution >= 0.6 is 0 Å². The molecule has 1 saturated carbocycles. The van der Waals surface area contributed by atoms with Crippen molar-refractivity contribution in [2.75, 3.05) is 5.32 Å². The Hall–Kier alpha value is -2.04. The van der Waals surface area contributed by atoms with Crippen LogP contribution in [0.5, 0.6) is 0 Å². The Morgan fingerprint density at radius 2 is 2.05 bits per heavy atom. The van der Waals surface area contributed by atoms with Crippen molar-refractivity contribution in [3.63, 3.8) is 0 Å². The molecule has 1 unspecified atom stereocenters. The number of carbonyl (C=O) groups is 1. The molecule has 5 nitrogen and oxygen atoms in total. The molecule has 0 aliphatic heterocycles. The Labute approximate surface area is 118 Å². The number of rotatable bonds is 3. The second kappa shape index (κ2) is 5.53. The van der Waals surface area contributed by atoms with Gasteiger partial charge >= 0.3 is 0 Å². The van der Waals surface area contributed by atoms with Crippen LogP contribution < -0.4 is 11.1 Å². The second-order valence-corrected chi connectivity index (χ2v) is 5.99. The maximum Gasteiger partial charge on any atom is 0.228 e. The fraction of sp³-hybridized carbons (Fsp3) is 0.467. The second-order valence-electron chi connectivity index (χ2n) is 5.99. The molecule has 0 bridgehead atoms. The zero-order valence-corrected chi connectivity index (χ0v) is 11.9. The first-order valence-corrected chi connectivity index (χ1v) is 6.83. The van der Waals surface area contributed by atoms with E-state index >= 15 is 0 Å². The van der Waals surface area contributed by atoms with E-state index in [1.54, 1.807) is 24.3 Å². The quantitative estimate of drug-likeness (QED) is 0.343. The first-order valence-electron chi connectivity index (χ1n) is 6.83. The summed E-state index contributed by atoms with van der Waals surface area (Å²) in [6, 6.07) is 6.94. The SMILES string of the molecule is CC1(C)CCCC1C(=O)Nc1ccc(/C(N)=N/O)cc1. The van der Waals surface area contributed by atoms with E-state index in [-0.39, 0.29) is 23.1 Å². The number of nitrogens with one attached hydrogen (secondary N) is 1. The molecule has 0 saturated heterocycles. The Morgan fingerprint density at radius 1 is 1.40 bits per heavy atom. The van der Waals surface area contributed by atoms with E-state index in [0.29, 0.717) is 5.56 Å². The minimum absolute atomic E-state index is 0.0554. The van der Waals surface area contributed by atoms with Crippen LogP contribution in [0, 0.1) is 11.3 Å². The van der Waals surface area contributed by atoms with Gasteiger partial charge in [0.15, 0.2) is 5.84 Å². The van der Waals surface area contributed by atoms with Crippen molar-refractivity contribution in [2.24, 2.45) is 22.2 Å². The number of carbonyl (C=O) groups excluding carboxylic acids is 1. The molecule has 1 aromatic carbocycles. The van der Waals surface area contributed by atoms with Gasteiger partial charge in [0.1, 0.15) is 0 Å².